The predicted molar refractivity (Wildman–Crippen MR) is 99.2 cm³/mol. The molecular formula is C20H15FN2O4. The lowest BCUT2D eigenvalue weighted by atomic mass is 10.0. The lowest BCUT2D eigenvalue weighted by molar-refractivity contribution is 0.192. The molecular weight excluding hydrogens is 351 g/mol. The average molecular weight is 366 g/mol. The van der Waals surface area contributed by atoms with Crippen LogP contribution in [0.2, 0.25) is 0 Å². The number of fused-ring (bicyclic) bond motifs is 1. The summed E-state index contributed by atoms with van der Waals surface area (Å²) < 4.78 is 23.6. The number of ether oxygens (including phenoxy) is 1. The second kappa shape index (κ2) is 6.60. The van der Waals surface area contributed by atoms with Gasteiger partial charge >= 0.3 is 5.76 Å². The van der Waals surface area contributed by atoms with Gasteiger partial charge in [-0.25, -0.2) is 9.18 Å². The van der Waals surface area contributed by atoms with Crippen LogP contribution in [0.5, 0.6) is 5.75 Å². The van der Waals surface area contributed by atoms with Crippen molar-refractivity contribution in [2.75, 3.05) is 6.86 Å². The van der Waals surface area contributed by atoms with Crippen LogP contribution in [0.3, 0.4) is 0 Å². The lowest BCUT2D eigenvalue weighted by Crippen LogP contribution is -2.17. The number of hydrogen-bond donors (Lipinski definition) is 1. The Morgan fingerprint density at radius 1 is 1.11 bits per heavy atom. The highest BCUT2D eigenvalue weighted by atomic mass is 19.1. The Bertz CT molecular complexity index is 1240. The Balaban J connectivity index is 1.82. The minimum atomic E-state index is -0.910. The Morgan fingerprint density at radius 3 is 2.63 bits per heavy atom. The number of alkyl halides is 1. The highest BCUT2D eigenvalue weighted by Crippen LogP contribution is 2.26. The molecule has 0 amide bonds. The highest BCUT2D eigenvalue weighted by Gasteiger charge is 2.10. The maximum absolute atomic E-state index is 12.5. The molecule has 0 unspecified atom stereocenters. The molecule has 1 N–H and O–H groups in total. The van der Waals surface area contributed by atoms with Gasteiger partial charge in [-0.3, -0.25) is 14.3 Å². The van der Waals surface area contributed by atoms with Crippen LogP contribution in [0.1, 0.15) is 5.56 Å². The van der Waals surface area contributed by atoms with Gasteiger partial charge in [0.25, 0.3) is 5.56 Å². The van der Waals surface area contributed by atoms with Crippen molar-refractivity contribution in [3.05, 3.63) is 81.2 Å². The molecule has 0 atom stereocenters. The van der Waals surface area contributed by atoms with Gasteiger partial charge in [-0.2, -0.15) is 0 Å². The first-order valence-corrected chi connectivity index (χ1v) is 8.21. The van der Waals surface area contributed by atoms with Crippen LogP contribution in [-0.4, -0.2) is 16.4 Å². The molecule has 0 aliphatic heterocycles. The maximum Gasteiger partial charge on any atom is 0.417 e. The Hall–Kier alpha value is -3.61. The van der Waals surface area contributed by atoms with E-state index in [4.69, 9.17) is 9.15 Å². The summed E-state index contributed by atoms with van der Waals surface area (Å²) in [6, 6.07) is 13.4. The van der Waals surface area contributed by atoms with Gasteiger partial charge in [-0.05, 0) is 54.4 Å². The average Bonchev–Trinajstić information content (AvgIpc) is 3.02. The number of rotatable bonds is 4. The number of H-pyrrole nitrogens is 1. The van der Waals surface area contributed by atoms with E-state index in [2.05, 4.69) is 4.98 Å². The molecule has 0 radical (unpaired) electrons. The fraction of sp³-hybridized carbons (Fsp3) is 0.100. The van der Waals surface area contributed by atoms with Crippen molar-refractivity contribution in [1.82, 2.24) is 9.55 Å². The van der Waals surface area contributed by atoms with E-state index in [0.29, 0.717) is 22.5 Å². The number of benzene rings is 2. The Morgan fingerprint density at radius 2 is 1.89 bits per heavy atom. The monoisotopic (exact) mass is 366 g/mol. The zero-order valence-electron chi connectivity index (χ0n) is 14.4. The van der Waals surface area contributed by atoms with E-state index in [1.807, 2.05) is 13.0 Å². The summed E-state index contributed by atoms with van der Waals surface area (Å²) in [5.41, 5.74) is 3.98. The van der Waals surface area contributed by atoms with Crippen molar-refractivity contribution < 1.29 is 13.5 Å². The van der Waals surface area contributed by atoms with E-state index < -0.39 is 12.6 Å². The first-order chi connectivity index (χ1) is 13.0. The molecule has 0 bridgehead atoms. The zero-order valence-corrected chi connectivity index (χ0v) is 14.4. The third kappa shape index (κ3) is 3.15. The Kier molecular flexibility index (Phi) is 4.12. The molecule has 0 spiro atoms. The van der Waals surface area contributed by atoms with Crippen molar-refractivity contribution in [3.63, 3.8) is 0 Å². The van der Waals surface area contributed by atoms with Gasteiger partial charge in [0.05, 0.1) is 5.52 Å². The molecule has 27 heavy (non-hydrogen) atoms. The summed E-state index contributed by atoms with van der Waals surface area (Å²) in [4.78, 5) is 26.4. The zero-order chi connectivity index (χ0) is 19.0. The van der Waals surface area contributed by atoms with Gasteiger partial charge in [0.1, 0.15) is 5.75 Å². The predicted octanol–water partition coefficient (Wildman–Crippen LogP) is 3.55. The van der Waals surface area contributed by atoms with Gasteiger partial charge in [0, 0.05) is 23.5 Å². The summed E-state index contributed by atoms with van der Waals surface area (Å²) in [5.74, 6) is -0.129. The van der Waals surface area contributed by atoms with E-state index >= 15 is 0 Å². The third-order valence-corrected chi connectivity index (χ3v) is 4.33. The van der Waals surface area contributed by atoms with E-state index in [1.54, 1.807) is 48.7 Å². The van der Waals surface area contributed by atoms with Gasteiger partial charge in [-0.15, -0.1) is 0 Å². The number of nitrogens with one attached hydrogen (secondary N) is 1. The van der Waals surface area contributed by atoms with E-state index in [0.717, 1.165) is 16.7 Å². The number of aromatic nitrogens is 2. The van der Waals surface area contributed by atoms with Gasteiger partial charge in [-0.1, -0.05) is 6.07 Å². The van der Waals surface area contributed by atoms with Crippen molar-refractivity contribution in [1.29, 1.82) is 0 Å². The van der Waals surface area contributed by atoms with Crippen molar-refractivity contribution in [2.45, 2.75) is 6.92 Å². The van der Waals surface area contributed by atoms with Crippen LogP contribution in [0.15, 0.2) is 68.7 Å². The molecule has 2 aromatic heterocycles. The van der Waals surface area contributed by atoms with Crippen molar-refractivity contribution in [2.24, 2.45) is 0 Å². The summed E-state index contributed by atoms with van der Waals surface area (Å²) in [7, 11) is 0. The molecule has 4 aromatic rings. The molecule has 136 valence electrons. The maximum atomic E-state index is 12.5. The molecule has 2 heterocycles. The number of nitrogens with zero attached hydrogens (tertiary/aromatic N) is 1. The third-order valence-electron chi connectivity index (χ3n) is 4.33. The molecule has 0 aliphatic carbocycles. The van der Waals surface area contributed by atoms with E-state index in [-0.39, 0.29) is 5.56 Å². The highest BCUT2D eigenvalue weighted by molar-refractivity contribution is 5.80. The smallest absolute Gasteiger partial charge is 0.417 e. The molecule has 4 rings (SSSR count). The molecule has 0 fully saturated rings. The molecule has 0 saturated heterocycles. The second-order valence-electron chi connectivity index (χ2n) is 6.05. The summed E-state index contributed by atoms with van der Waals surface area (Å²) >= 11 is 0. The van der Waals surface area contributed by atoms with Gasteiger partial charge < -0.3 is 9.15 Å². The number of aromatic amines is 1. The van der Waals surface area contributed by atoms with Gasteiger partial charge in [0.2, 0.25) is 6.86 Å². The quantitative estimate of drug-likeness (QED) is 0.599. The minimum Gasteiger partial charge on any atom is -0.463 e. The fourth-order valence-electron chi connectivity index (χ4n) is 3.02. The SMILES string of the molecule is Cc1cc(=O)n(-c2ccc(OCF)cc2)cc1-c1ccc2oc(=O)[nH]c2c1. The van der Waals surface area contributed by atoms with Crippen LogP contribution in [0, 0.1) is 6.92 Å². The van der Waals surface area contributed by atoms with Crippen LogP contribution in [0.25, 0.3) is 27.9 Å². The number of oxazole rings is 1. The number of aryl methyl sites for hydroxylation is 1. The van der Waals surface area contributed by atoms with E-state index in [1.165, 1.54) is 4.57 Å². The number of halogens is 1. The van der Waals surface area contributed by atoms with Crippen LogP contribution in [-0.2, 0) is 0 Å². The molecule has 0 saturated carbocycles. The summed E-state index contributed by atoms with van der Waals surface area (Å²) in [5, 5.41) is 0. The van der Waals surface area contributed by atoms with Crippen LogP contribution < -0.4 is 16.1 Å². The van der Waals surface area contributed by atoms with E-state index in [9.17, 15) is 14.0 Å². The largest absolute Gasteiger partial charge is 0.463 e. The minimum absolute atomic E-state index is 0.187. The number of hydrogen-bond acceptors (Lipinski definition) is 4. The molecule has 6 nitrogen and oxygen atoms in total. The van der Waals surface area contributed by atoms with Crippen LogP contribution >= 0.6 is 0 Å². The Labute approximate surface area is 152 Å². The second-order valence-corrected chi connectivity index (χ2v) is 6.05. The fourth-order valence-corrected chi connectivity index (χ4v) is 3.02. The van der Waals surface area contributed by atoms with Crippen molar-refractivity contribution in [3.8, 4) is 22.6 Å². The first-order valence-electron chi connectivity index (χ1n) is 8.21. The molecule has 7 heteroatoms. The normalized spacial score (nSPS) is 11.0. The summed E-state index contributed by atoms with van der Waals surface area (Å²) in [6.07, 6.45) is 1.74. The van der Waals surface area contributed by atoms with Crippen LogP contribution in [0.4, 0.5) is 4.39 Å². The summed E-state index contributed by atoms with van der Waals surface area (Å²) in [6.45, 7) is 0.939. The van der Waals surface area contributed by atoms with Gasteiger partial charge in [0.15, 0.2) is 5.58 Å². The topological polar surface area (TPSA) is 77.2 Å². The number of pyridine rings is 1. The molecule has 0 aliphatic rings. The first kappa shape index (κ1) is 16.8. The lowest BCUT2D eigenvalue weighted by Gasteiger charge is -2.12. The van der Waals surface area contributed by atoms with Crippen molar-refractivity contribution >= 4 is 11.1 Å². The molecule has 2 aromatic carbocycles. The standard InChI is InChI=1S/C20H15FN2O4/c1-12-8-19(24)23(14-3-5-15(6-4-14)26-11-21)10-16(12)13-2-7-18-17(9-13)22-20(25)27-18/h2-10H,11H2,1H3,(H,22,25).